The van der Waals surface area contributed by atoms with Crippen molar-refractivity contribution >= 4 is 16.7 Å². The first-order valence-electron chi connectivity index (χ1n) is 6.53. The standard InChI is InChI=1S/C15H20N2O2/c1-5-10-9-11-12(18-3)7-8-13(19-4)14(11)17-15(10)16-6-2/h7-9H,5-6H2,1-4H3,(H,16,17). The minimum absolute atomic E-state index is 0.762. The lowest BCUT2D eigenvalue weighted by atomic mass is 10.1. The summed E-state index contributed by atoms with van der Waals surface area (Å²) in [6, 6.07) is 5.92. The van der Waals surface area contributed by atoms with Crippen molar-refractivity contribution in [3.63, 3.8) is 0 Å². The average Bonchev–Trinajstić information content (AvgIpc) is 2.45. The monoisotopic (exact) mass is 260 g/mol. The number of aromatic nitrogens is 1. The molecular formula is C15H20N2O2. The molecule has 0 bridgehead atoms. The average molecular weight is 260 g/mol. The molecule has 0 aliphatic heterocycles. The molecule has 0 unspecified atom stereocenters. The lowest BCUT2D eigenvalue weighted by Crippen LogP contribution is -2.04. The largest absolute Gasteiger partial charge is 0.496 e. The predicted molar refractivity (Wildman–Crippen MR) is 78.4 cm³/mol. The van der Waals surface area contributed by atoms with E-state index in [0.29, 0.717) is 0 Å². The van der Waals surface area contributed by atoms with Gasteiger partial charge in [-0.3, -0.25) is 0 Å². The zero-order valence-corrected chi connectivity index (χ0v) is 11.9. The molecule has 0 aliphatic rings. The zero-order valence-electron chi connectivity index (χ0n) is 11.9. The Morgan fingerprint density at radius 1 is 1.11 bits per heavy atom. The summed E-state index contributed by atoms with van der Waals surface area (Å²) < 4.78 is 10.8. The van der Waals surface area contributed by atoms with Crippen LogP contribution in [0.5, 0.6) is 11.5 Å². The molecule has 1 N–H and O–H groups in total. The summed E-state index contributed by atoms with van der Waals surface area (Å²) in [5.41, 5.74) is 2.01. The number of fused-ring (bicyclic) bond motifs is 1. The number of benzene rings is 1. The van der Waals surface area contributed by atoms with Gasteiger partial charge in [0, 0.05) is 11.9 Å². The van der Waals surface area contributed by atoms with E-state index in [1.165, 1.54) is 5.56 Å². The molecule has 0 atom stereocenters. The Balaban J connectivity index is 2.74. The van der Waals surface area contributed by atoms with E-state index in [-0.39, 0.29) is 0 Å². The number of rotatable bonds is 5. The molecule has 4 nitrogen and oxygen atoms in total. The number of anilines is 1. The minimum Gasteiger partial charge on any atom is -0.496 e. The van der Waals surface area contributed by atoms with E-state index in [9.17, 15) is 0 Å². The molecule has 2 aromatic rings. The van der Waals surface area contributed by atoms with Crippen molar-refractivity contribution in [2.75, 3.05) is 26.1 Å². The van der Waals surface area contributed by atoms with Crippen LogP contribution in [0.1, 0.15) is 19.4 Å². The summed E-state index contributed by atoms with van der Waals surface area (Å²) in [6.07, 6.45) is 0.922. The summed E-state index contributed by atoms with van der Waals surface area (Å²) in [6.45, 7) is 5.03. The molecule has 1 aromatic carbocycles. The third kappa shape index (κ3) is 2.43. The third-order valence-electron chi connectivity index (χ3n) is 3.15. The number of nitrogens with zero attached hydrogens (tertiary/aromatic N) is 1. The highest BCUT2D eigenvalue weighted by Crippen LogP contribution is 2.34. The topological polar surface area (TPSA) is 43.4 Å². The van der Waals surface area contributed by atoms with Crippen LogP contribution in [-0.2, 0) is 6.42 Å². The van der Waals surface area contributed by atoms with E-state index in [4.69, 9.17) is 14.5 Å². The van der Waals surface area contributed by atoms with Crippen LogP contribution >= 0.6 is 0 Å². The molecule has 0 aliphatic carbocycles. The maximum Gasteiger partial charge on any atom is 0.145 e. The first-order valence-corrected chi connectivity index (χ1v) is 6.53. The van der Waals surface area contributed by atoms with Crippen molar-refractivity contribution in [3.05, 3.63) is 23.8 Å². The molecule has 1 heterocycles. The predicted octanol–water partition coefficient (Wildman–Crippen LogP) is 3.25. The number of nitrogens with one attached hydrogen (secondary N) is 1. The lowest BCUT2D eigenvalue weighted by molar-refractivity contribution is 0.410. The maximum absolute atomic E-state index is 5.41. The van der Waals surface area contributed by atoms with E-state index in [0.717, 1.165) is 41.2 Å². The fraction of sp³-hybridized carbons (Fsp3) is 0.400. The highest BCUT2D eigenvalue weighted by Gasteiger charge is 2.12. The van der Waals surface area contributed by atoms with Crippen LogP contribution in [0.25, 0.3) is 10.9 Å². The molecule has 0 saturated heterocycles. The number of hydrogen-bond donors (Lipinski definition) is 1. The minimum atomic E-state index is 0.762. The number of methoxy groups -OCH3 is 2. The lowest BCUT2D eigenvalue weighted by Gasteiger charge is -2.14. The Bertz CT molecular complexity index is 582. The normalized spacial score (nSPS) is 10.5. The second-order valence-corrected chi connectivity index (χ2v) is 4.25. The highest BCUT2D eigenvalue weighted by atomic mass is 16.5. The first-order chi connectivity index (χ1) is 9.24. The molecule has 19 heavy (non-hydrogen) atoms. The van der Waals surface area contributed by atoms with Crippen molar-refractivity contribution in [1.82, 2.24) is 4.98 Å². The van der Waals surface area contributed by atoms with E-state index in [1.807, 2.05) is 12.1 Å². The Labute approximate surface area is 113 Å². The van der Waals surface area contributed by atoms with Crippen LogP contribution < -0.4 is 14.8 Å². The van der Waals surface area contributed by atoms with Gasteiger partial charge in [0.1, 0.15) is 22.8 Å². The molecule has 0 amide bonds. The SMILES string of the molecule is CCNc1nc2c(OC)ccc(OC)c2cc1CC. The molecule has 102 valence electrons. The van der Waals surface area contributed by atoms with Gasteiger partial charge in [-0.25, -0.2) is 4.98 Å². The smallest absolute Gasteiger partial charge is 0.145 e. The van der Waals surface area contributed by atoms with Gasteiger partial charge < -0.3 is 14.8 Å². The van der Waals surface area contributed by atoms with E-state index in [2.05, 4.69) is 25.2 Å². The highest BCUT2D eigenvalue weighted by molar-refractivity contribution is 5.92. The van der Waals surface area contributed by atoms with Crippen molar-refractivity contribution in [2.45, 2.75) is 20.3 Å². The van der Waals surface area contributed by atoms with Gasteiger partial charge in [0.2, 0.25) is 0 Å². The second kappa shape index (κ2) is 5.78. The molecule has 1 aromatic heterocycles. The second-order valence-electron chi connectivity index (χ2n) is 4.25. The summed E-state index contributed by atoms with van der Waals surface area (Å²) in [4.78, 5) is 4.70. The number of pyridine rings is 1. The maximum atomic E-state index is 5.41. The summed E-state index contributed by atoms with van der Waals surface area (Å²) in [7, 11) is 3.33. The Morgan fingerprint density at radius 3 is 2.37 bits per heavy atom. The Morgan fingerprint density at radius 2 is 1.79 bits per heavy atom. The van der Waals surface area contributed by atoms with Crippen molar-refractivity contribution in [1.29, 1.82) is 0 Å². The van der Waals surface area contributed by atoms with Gasteiger partial charge in [-0.2, -0.15) is 0 Å². The van der Waals surface area contributed by atoms with Gasteiger partial charge >= 0.3 is 0 Å². The molecule has 0 radical (unpaired) electrons. The quantitative estimate of drug-likeness (QED) is 0.896. The van der Waals surface area contributed by atoms with Gasteiger partial charge in [-0.1, -0.05) is 6.92 Å². The van der Waals surface area contributed by atoms with Crippen LogP contribution in [0.2, 0.25) is 0 Å². The van der Waals surface area contributed by atoms with Crippen LogP contribution in [-0.4, -0.2) is 25.7 Å². The van der Waals surface area contributed by atoms with Crippen molar-refractivity contribution in [2.24, 2.45) is 0 Å². The van der Waals surface area contributed by atoms with Crippen LogP contribution in [0.15, 0.2) is 18.2 Å². The van der Waals surface area contributed by atoms with Gasteiger partial charge in [-0.15, -0.1) is 0 Å². The van der Waals surface area contributed by atoms with Gasteiger partial charge in [0.15, 0.2) is 0 Å². The third-order valence-corrected chi connectivity index (χ3v) is 3.15. The van der Waals surface area contributed by atoms with Crippen LogP contribution in [0.3, 0.4) is 0 Å². The molecule has 2 rings (SSSR count). The van der Waals surface area contributed by atoms with Gasteiger partial charge in [-0.05, 0) is 37.1 Å². The fourth-order valence-corrected chi connectivity index (χ4v) is 2.18. The van der Waals surface area contributed by atoms with E-state index in [1.54, 1.807) is 14.2 Å². The molecule has 4 heteroatoms. The zero-order chi connectivity index (χ0) is 13.8. The van der Waals surface area contributed by atoms with Crippen LogP contribution in [0, 0.1) is 0 Å². The first kappa shape index (κ1) is 13.5. The van der Waals surface area contributed by atoms with E-state index < -0.39 is 0 Å². The van der Waals surface area contributed by atoms with Crippen LogP contribution in [0.4, 0.5) is 5.82 Å². The van der Waals surface area contributed by atoms with E-state index >= 15 is 0 Å². The summed E-state index contributed by atoms with van der Waals surface area (Å²) in [5.74, 6) is 2.50. The number of ether oxygens (including phenoxy) is 2. The van der Waals surface area contributed by atoms with Crippen molar-refractivity contribution < 1.29 is 9.47 Å². The van der Waals surface area contributed by atoms with Crippen molar-refractivity contribution in [3.8, 4) is 11.5 Å². The summed E-state index contributed by atoms with van der Waals surface area (Å²) >= 11 is 0. The van der Waals surface area contributed by atoms with Gasteiger partial charge in [0.05, 0.1) is 14.2 Å². The number of hydrogen-bond acceptors (Lipinski definition) is 4. The Kier molecular flexibility index (Phi) is 4.10. The molecule has 0 saturated carbocycles. The summed E-state index contributed by atoms with van der Waals surface area (Å²) in [5, 5.41) is 4.29. The molecule has 0 spiro atoms. The number of aryl methyl sites for hydroxylation is 1. The molecular weight excluding hydrogens is 240 g/mol. The molecule has 0 fully saturated rings. The Hall–Kier alpha value is -1.97. The fourth-order valence-electron chi connectivity index (χ4n) is 2.18. The van der Waals surface area contributed by atoms with Gasteiger partial charge in [0.25, 0.3) is 0 Å².